The largest absolute Gasteiger partial charge is 0.497 e. The van der Waals surface area contributed by atoms with Crippen molar-refractivity contribution in [3.8, 4) is 17.6 Å². The molecule has 3 aliphatic rings. The zero-order valence-electron chi connectivity index (χ0n) is 39.9. The number of carbonyl (C=O) groups is 1. The number of hydrogen-bond acceptors (Lipinski definition) is 17. The summed E-state index contributed by atoms with van der Waals surface area (Å²) in [5, 5.41) is 26.8. The molecule has 3 aliphatic heterocycles. The number of carbonyl (C=O) groups excluding carboxylic acids is 1. The molecule has 5 heterocycles. The molecule has 2 unspecified atom stereocenters. The number of aliphatic imine (C=N–C) groups is 1. The first-order valence-corrected chi connectivity index (χ1v) is 25.9. The van der Waals surface area contributed by atoms with Crippen LogP contribution in [0, 0.1) is 18.3 Å². The Balaban J connectivity index is 1.05. The fraction of sp³-hybridized carbons (Fsp3) is 0.333. The number of H-pyrrole nitrogens is 1. The summed E-state index contributed by atoms with van der Waals surface area (Å²) in [7, 11) is 3.20. The van der Waals surface area contributed by atoms with Gasteiger partial charge in [-0.05, 0) is 71.8 Å². The lowest BCUT2D eigenvalue weighted by Crippen LogP contribution is -2.38. The maximum Gasteiger partial charge on any atom is 0.330 e. The smallest absolute Gasteiger partial charge is 0.330 e. The molecule has 20 nitrogen and oxygen atoms in total. The van der Waals surface area contributed by atoms with Gasteiger partial charge < -0.3 is 53.0 Å². The summed E-state index contributed by atoms with van der Waals surface area (Å²) in [5.41, 5.74) is 1.03. The molecule has 6 aromatic rings. The molecule has 380 valence electrons. The van der Waals surface area contributed by atoms with Gasteiger partial charge in [0.2, 0.25) is 0 Å². The van der Waals surface area contributed by atoms with Crippen molar-refractivity contribution in [3.63, 3.8) is 0 Å². The highest BCUT2D eigenvalue weighted by molar-refractivity contribution is 8.07. The predicted octanol–water partition coefficient (Wildman–Crippen LogP) is 6.14. The SMILES string of the molecule is COc1ccc(C(OC[C@H]2O[C@@H](n3cnc4c3NC=NC4NC(=O)c3ccccc3)C[C@@H]2OP(=S)(OCCC#N)OC[C@H]2O[C@@H](n3cc(C)c(=O)[nH]c3=O)C[C@@H]2O)(c2ccccc2)c2ccc(OC)cc2)cc1. The van der Waals surface area contributed by atoms with E-state index in [0.29, 0.717) is 28.6 Å². The van der Waals surface area contributed by atoms with Crippen molar-refractivity contribution in [3.05, 3.63) is 176 Å². The number of rotatable bonds is 20. The number of nitrogens with one attached hydrogen (secondary N) is 3. The van der Waals surface area contributed by atoms with Crippen LogP contribution in [-0.2, 0) is 45.2 Å². The molecular formula is C51H53N8O12PS. The number of aliphatic hydroxyl groups excluding tert-OH is 1. The van der Waals surface area contributed by atoms with Crippen LogP contribution in [0.5, 0.6) is 11.5 Å². The lowest BCUT2D eigenvalue weighted by Gasteiger charge is -2.37. The van der Waals surface area contributed by atoms with E-state index >= 15 is 0 Å². The van der Waals surface area contributed by atoms with E-state index in [9.17, 15) is 24.8 Å². The van der Waals surface area contributed by atoms with Gasteiger partial charge in [0.05, 0.1) is 71.4 Å². The van der Waals surface area contributed by atoms with Gasteiger partial charge in [-0.2, -0.15) is 5.26 Å². The summed E-state index contributed by atoms with van der Waals surface area (Å²) < 4.78 is 53.8. The van der Waals surface area contributed by atoms with Gasteiger partial charge in [0.15, 0.2) is 6.17 Å². The molecule has 9 rings (SSSR count). The molecule has 0 saturated carbocycles. The normalized spacial score (nSPS) is 22.2. The lowest BCUT2D eigenvalue weighted by atomic mass is 9.80. The second-order valence-electron chi connectivity index (χ2n) is 17.3. The minimum atomic E-state index is -3.87. The Morgan fingerprint density at radius 2 is 1.51 bits per heavy atom. The van der Waals surface area contributed by atoms with E-state index in [0.717, 1.165) is 16.7 Å². The van der Waals surface area contributed by atoms with Gasteiger partial charge in [0.1, 0.15) is 53.3 Å². The number of methoxy groups -OCH3 is 2. The third kappa shape index (κ3) is 11.1. The van der Waals surface area contributed by atoms with E-state index in [2.05, 4.69) is 31.7 Å². The zero-order chi connectivity index (χ0) is 51.1. The second kappa shape index (κ2) is 22.5. The monoisotopic (exact) mass is 1030 g/mol. The number of nitrogens with zero attached hydrogens (tertiary/aromatic N) is 5. The minimum absolute atomic E-state index is 0.00626. The molecule has 1 amide bonds. The van der Waals surface area contributed by atoms with Crippen LogP contribution in [0.2, 0.25) is 0 Å². The molecule has 4 N–H and O–H groups in total. The summed E-state index contributed by atoms with van der Waals surface area (Å²) in [6.07, 6.45) is -1.91. The Bertz CT molecular complexity index is 3070. The van der Waals surface area contributed by atoms with Gasteiger partial charge in [-0.25, -0.2) is 14.8 Å². The third-order valence-corrected chi connectivity index (χ3v) is 15.1. The lowest BCUT2D eigenvalue weighted by molar-refractivity contribution is -0.0931. The molecule has 0 aliphatic carbocycles. The number of nitriles is 1. The molecule has 8 atom stereocenters. The first-order valence-electron chi connectivity index (χ1n) is 23.4. The molecule has 73 heavy (non-hydrogen) atoms. The van der Waals surface area contributed by atoms with Crippen LogP contribution in [0.15, 0.2) is 136 Å². The highest BCUT2D eigenvalue weighted by Gasteiger charge is 2.46. The van der Waals surface area contributed by atoms with Crippen LogP contribution in [0.25, 0.3) is 0 Å². The van der Waals surface area contributed by atoms with Crippen molar-refractivity contribution in [2.45, 2.75) is 74.8 Å². The number of aromatic amines is 1. The van der Waals surface area contributed by atoms with Crippen molar-refractivity contribution in [2.24, 2.45) is 4.99 Å². The van der Waals surface area contributed by atoms with Gasteiger partial charge in [0, 0.05) is 30.2 Å². The van der Waals surface area contributed by atoms with Crippen LogP contribution in [-0.4, -0.2) is 94.9 Å². The number of imidazole rings is 1. The molecule has 2 saturated heterocycles. The topological polar surface area (TPSA) is 244 Å². The number of amides is 1. The summed E-state index contributed by atoms with van der Waals surface area (Å²) >= 11 is 6.11. The number of fused-ring (bicyclic) bond motifs is 1. The van der Waals surface area contributed by atoms with Crippen LogP contribution in [0.3, 0.4) is 0 Å². The number of hydrogen-bond donors (Lipinski definition) is 4. The van der Waals surface area contributed by atoms with Crippen molar-refractivity contribution in [1.82, 2.24) is 24.4 Å². The maximum absolute atomic E-state index is 13.3. The number of aryl methyl sites for hydroxylation is 1. The average molecular weight is 1030 g/mol. The second-order valence-corrected chi connectivity index (χ2v) is 20.2. The molecule has 2 aromatic heterocycles. The molecule has 0 spiro atoms. The molecule has 0 radical (unpaired) electrons. The Morgan fingerprint density at radius 3 is 2.16 bits per heavy atom. The van der Waals surface area contributed by atoms with Crippen LogP contribution in [0.4, 0.5) is 5.82 Å². The van der Waals surface area contributed by atoms with Gasteiger partial charge in [-0.15, -0.1) is 0 Å². The number of aromatic nitrogens is 4. The van der Waals surface area contributed by atoms with E-state index in [1.54, 1.807) is 56.3 Å². The van der Waals surface area contributed by atoms with Gasteiger partial charge in [0.25, 0.3) is 11.5 Å². The quantitative estimate of drug-likeness (QED) is 0.0381. The van der Waals surface area contributed by atoms with Crippen LogP contribution in [0.1, 0.15) is 76.2 Å². The Hall–Kier alpha value is -6.83. The average Bonchev–Trinajstić information content (AvgIpc) is 4.14. The van der Waals surface area contributed by atoms with Crippen molar-refractivity contribution < 1.29 is 47.2 Å². The minimum Gasteiger partial charge on any atom is -0.497 e. The van der Waals surface area contributed by atoms with E-state index in [1.807, 2.05) is 84.9 Å². The Kier molecular flexibility index (Phi) is 15.8. The van der Waals surface area contributed by atoms with Crippen molar-refractivity contribution in [1.29, 1.82) is 5.26 Å². The number of aliphatic hydroxyl groups is 1. The standard InChI is InChI=1S/C51H53N8O12PS/c1-32-27-58(50(63)57-48(32)61)43-25-39(60)41(69-43)29-68-72(73,67-24-10-23-52)71-40-26-44(59-31-55-45-46(53-30-54-47(45)59)56-49(62)33-11-6-4-7-12-33)70-42(40)28-66-51(34-13-8-5-9-14-34,35-15-19-37(64-2)20-16-35)36-17-21-38(65-3)22-18-36/h4-9,11-22,27,30-31,39-44,46,60H,10,24-26,28-29H2,1-3H3,(H,53,54)(H,56,62)(H,57,61,63)/t39-,40-,41+,42+,43+,44+,46?,72?/m0/s1. The molecule has 22 heteroatoms. The van der Waals surface area contributed by atoms with Crippen molar-refractivity contribution >= 4 is 36.6 Å². The predicted molar refractivity (Wildman–Crippen MR) is 270 cm³/mol. The van der Waals surface area contributed by atoms with Gasteiger partial charge >= 0.3 is 12.4 Å². The molecule has 4 aromatic carbocycles. The molecule has 0 bridgehead atoms. The number of benzene rings is 4. The van der Waals surface area contributed by atoms with Crippen LogP contribution < -0.4 is 31.4 Å². The fourth-order valence-electron chi connectivity index (χ4n) is 8.97. The summed E-state index contributed by atoms with van der Waals surface area (Å²) in [6, 6.07) is 35.8. The van der Waals surface area contributed by atoms with E-state index in [4.69, 9.17) is 49.1 Å². The molecule has 2 fully saturated rings. The van der Waals surface area contributed by atoms with Crippen molar-refractivity contribution in [2.75, 3.05) is 39.4 Å². The van der Waals surface area contributed by atoms with Crippen LogP contribution >= 0.6 is 6.72 Å². The van der Waals surface area contributed by atoms with E-state index in [1.165, 1.54) is 17.1 Å². The Labute approximate surface area is 424 Å². The van der Waals surface area contributed by atoms with Gasteiger partial charge in [-0.1, -0.05) is 72.8 Å². The Morgan fingerprint density at radius 1 is 0.877 bits per heavy atom. The number of anilines is 1. The first kappa shape index (κ1) is 51.1. The highest BCUT2D eigenvalue weighted by atomic mass is 32.5. The fourth-order valence-corrected chi connectivity index (χ4v) is 11.1. The third-order valence-electron chi connectivity index (χ3n) is 12.7. The van der Waals surface area contributed by atoms with E-state index in [-0.39, 0.29) is 50.6 Å². The number of ether oxygens (including phenoxy) is 5. The highest BCUT2D eigenvalue weighted by Crippen LogP contribution is 2.55. The molecular weight excluding hydrogens is 980 g/mol. The summed E-state index contributed by atoms with van der Waals surface area (Å²) in [4.78, 5) is 49.6. The zero-order valence-corrected chi connectivity index (χ0v) is 41.6. The first-order chi connectivity index (χ1) is 35.4. The van der Waals surface area contributed by atoms with Gasteiger partial charge in [-0.3, -0.25) is 23.7 Å². The maximum atomic E-state index is 13.3. The van der Waals surface area contributed by atoms with E-state index < -0.39 is 66.6 Å². The summed E-state index contributed by atoms with van der Waals surface area (Å²) in [5.74, 6) is 1.47. The summed E-state index contributed by atoms with van der Waals surface area (Å²) in [6.45, 7) is -2.89.